The standard InChI is InChI=1S/C30H32N2O4/c1-19(2)12-28(24-14-20(3)13-21(4)15-24)32-30(35)27-17-26(10-8-23(27)9-11-29(33)34)36-25-7-5-6-22(16-25)18-31/h5-8,10,13-17,19,28H,9,11-12H2,1-4H3,(H,32,35)(H,33,34)/t28-/m1/s1. The number of carboxylic acids is 1. The summed E-state index contributed by atoms with van der Waals surface area (Å²) < 4.78 is 5.93. The third-order valence-corrected chi connectivity index (χ3v) is 5.79. The van der Waals surface area contributed by atoms with Crippen LogP contribution in [0.25, 0.3) is 0 Å². The lowest BCUT2D eigenvalue weighted by Gasteiger charge is -2.23. The van der Waals surface area contributed by atoms with Gasteiger partial charge in [-0.25, -0.2) is 0 Å². The van der Waals surface area contributed by atoms with Crippen LogP contribution in [-0.4, -0.2) is 17.0 Å². The van der Waals surface area contributed by atoms with Gasteiger partial charge in [-0.05, 0) is 74.1 Å². The van der Waals surface area contributed by atoms with Crippen molar-refractivity contribution in [3.05, 3.63) is 94.0 Å². The normalized spacial score (nSPS) is 11.6. The van der Waals surface area contributed by atoms with Gasteiger partial charge >= 0.3 is 5.97 Å². The minimum absolute atomic E-state index is 0.0861. The Balaban J connectivity index is 1.95. The van der Waals surface area contributed by atoms with Crippen molar-refractivity contribution in [3.63, 3.8) is 0 Å². The molecule has 0 radical (unpaired) electrons. The summed E-state index contributed by atoms with van der Waals surface area (Å²) in [6, 6.07) is 20.0. The zero-order valence-corrected chi connectivity index (χ0v) is 21.2. The number of rotatable bonds is 10. The number of aliphatic carboxylic acids is 1. The van der Waals surface area contributed by atoms with Gasteiger partial charge in [0.1, 0.15) is 11.5 Å². The Morgan fingerprint density at radius 3 is 2.33 bits per heavy atom. The van der Waals surface area contributed by atoms with E-state index >= 15 is 0 Å². The summed E-state index contributed by atoms with van der Waals surface area (Å²) in [7, 11) is 0. The van der Waals surface area contributed by atoms with Crippen LogP contribution in [0.1, 0.15) is 70.9 Å². The number of hydrogen-bond donors (Lipinski definition) is 2. The molecule has 3 aromatic carbocycles. The quantitative estimate of drug-likeness (QED) is 0.342. The second kappa shape index (κ2) is 12.0. The van der Waals surface area contributed by atoms with E-state index in [0.29, 0.717) is 34.1 Å². The highest BCUT2D eigenvalue weighted by Crippen LogP contribution is 2.28. The first-order valence-electron chi connectivity index (χ1n) is 12.1. The maximum absolute atomic E-state index is 13.6. The molecule has 3 aromatic rings. The van der Waals surface area contributed by atoms with E-state index in [4.69, 9.17) is 10.00 Å². The Bertz CT molecular complexity index is 1270. The fraction of sp³-hybridized carbons (Fsp3) is 0.300. The van der Waals surface area contributed by atoms with E-state index in [0.717, 1.165) is 23.1 Å². The van der Waals surface area contributed by atoms with Gasteiger partial charge in [0.25, 0.3) is 5.91 Å². The number of benzene rings is 3. The molecule has 6 heteroatoms. The van der Waals surface area contributed by atoms with Crippen molar-refractivity contribution in [1.29, 1.82) is 5.26 Å². The van der Waals surface area contributed by atoms with Gasteiger partial charge in [0.2, 0.25) is 0 Å². The number of carbonyl (C=O) groups is 2. The van der Waals surface area contributed by atoms with E-state index in [-0.39, 0.29) is 24.8 Å². The largest absolute Gasteiger partial charge is 0.481 e. The number of ether oxygens (including phenoxy) is 1. The van der Waals surface area contributed by atoms with Crippen LogP contribution in [0.4, 0.5) is 0 Å². The molecule has 0 aromatic heterocycles. The van der Waals surface area contributed by atoms with Crippen LogP contribution in [0.3, 0.4) is 0 Å². The van der Waals surface area contributed by atoms with E-state index < -0.39 is 5.97 Å². The molecule has 0 aliphatic rings. The average molecular weight is 485 g/mol. The Kier molecular flexibility index (Phi) is 8.86. The van der Waals surface area contributed by atoms with Crippen molar-refractivity contribution in [2.75, 3.05) is 0 Å². The van der Waals surface area contributed by atoms with E-state index in [2.05, 4.69) is 43.4 Å². The molecule has 186 valence electrons. The molecule has 0 spiro atoms. The van der Waals surface area contributed by atoms with E-state index in [9.17, 15) is 14.7 Å². The number of carbonyl (C=O) groups excluding carboxylic acids is 1. The molecule has 0 saturated heterocycles. The number of nitriles is 1. The van der Waals surface area contributed by atoms with Crippen LogP contribution in [0, 0.1) is 31.1 Å². The first-order valence-corrected chi connectivity index (χ1v) is 12.1. The fourth-order valence-electron chi connectivity index (χ4n) is 4.25. The Morgan fingerprint density at radius 2 is 1.69 bits per heavy atom. The molecule has 0 bridgehead atoms. The first-order chi connectivity index (χ1) is 17.1. The molecule has 0 fully saturated rings. The minimum Gasteiger partial charge on any atom is -0.481 e. The summed E-state index contributed by atoms with van der Waals surface area (Å²) in [4.78, 5) is 24.8. The van der Waals surface area contributed by atoms with Gasteiger partial charge in [0.15, 0.2) is 0 Å². The van der Waals surface area contributed by atoms with Crippen molar-refractivity contribution in [2.45, 2.75) is 53.0 Å². The molecule has 0 saturated carbocycles. The van der Waals surface area contributed by atoms with E-state index in [1.165, 1.54) is 0 Å². The number of nitrogens with zero attached hydrogens (tertiary/aromatic N) is 1. The highest BCUT2D eigenvalue weighted by atomic mass is 16.5. The molecule has 0 unspecified atom stereocenters. The zero-order valence-electron chi connectivity index (χ0n) is 21.2. The highest BCUT2D eigenvalue weighted by molar-refractivity contribution is 5.96. The Morgan fingerprint density at radius 1 is 1.00 bits per heavy atom. The SMILES string of the molecule is Cc1cc(C)cc([C@@H](CC(C)C)NC(=O)c2cc(Oc3cccc(C#N)c3)ccc2CCC(=O)O)c1. The van der Waals surface area contributed by atoms with Crippen LogP contribution in [-0.2, 0) is 11.2 Å². The summed E-state index contributed by atoms with van der Waals surface area (Å²) >= 11 is 0. The van der Waals surface area contributed by atoms with Crippen LogP contribution < -0.4 is 10.1 Å². The molecule has 0 heterocycles. The van der Waals surface area contributed by atoms with Gasteiger partial charge in [0, 0.05) is 12.0 Å². The molecule has 0 aliphatic carbocycles. The summed E-state index contributed by atoms with van der Waals surface area (Å²) in [6.07, 6.45) is 0.897. The molecular weight excluding hydrogens is 452 g/mol. The Labute approximate surface area is 212 Å². The number of aryl methyl sites for hydroxylation is 3. The molecule has 1 atom stereocenters. The van der Waals surface area contributed by atoms with Crippen LogP contribution in [0.5, 0.6) is 11.5 Å². The summed E-state index contributed by atoms with van der Waals surface area (Å²) in [5, 5.41) is 21.5. The van der Waals surface area contributed by atoms with Gasteiger partial charge in [-0.3, -0.25) is 9.59 Å². The van der Waals surface area contributed by atoms with Crippen molar-refractivity contribution in [2.24, 2.45) is 5.92 Å². The molecule has 0 aliphatic heterocycles. The van der Waals surface area contributed by atoms with Gasteiger partial charge in [-0.2, -0.15) is 5.26 Å². The molecule has 3 rings (SSSR count). The van der Waals surface area contributed by atoms with Crippen LogP contribution in [0.2, 0.25) is 0 Å². The van der Waals surface area contributed by atoms with E-state index in [1.807, 2.05) is 13.8 Å². The minimum atomic E-state index is -0.928. The van der Waals surface area contributed by atoms with Gasteiger partial charge < -0.3 is 15.2 Å². The van der Waals surface area contributed by atoms with Gasteiger partial charge in [-0.15, -0.1) is 0 Å². The second-order valence-corrected chi connectivity index (χ2v) is 9.53. The van der Waals surface area contributed by atoms with Gasteiger partial charge in [-0.1, -0.05) is 55.3 Å². The predicted octanol–water partition coefficient (Wildman–Crippen LogP) is 6.50. The maximum atomic E-state index is 13.6. The van der Waals surface area contributed by atoms with Crippen molar-refractivity contribution in [1.82, 2.24) is 5.32 Å². The highest BCUT2D eigenvalue weighted by Gasteiger charge is 2.21. The summed E-state index contributed by atoms with van der Waals surface area (Å²) in [6.45, 7) is 8.31. The molecule has 1 amide bonds. The Hall–Kier alpha value is -4.11. The van der Waals surface area contributed by atoms with Crippen molar-refractivity contribution in [3.8, 4) is 17.6 Å². The second-order valence-electron chi connectivity index (χ2n) is 9.53. The lowest BCUT2D eigenvalue weighted by atomic mass is 9.93. The fourth-order valence-corrected chi connectivity index (χ4v) is 4.25. The third-order valence-electron chi connectivity index (χ3n) is 5.79. The summed E-state index contributed by atoms with van der Waals surface area (Å²) in [5.41, 5.74) is 4.78. The molecule has 2 N–H and O–H groups in total. The van der Waals surface area contributed by atoms with E-state index in [1.54, 1.807) is 42.5 Å². The smallest absolute Gasteiger partial charge is 0.303 e. The average Bonchev–Trinajstić information content (AvgIpc) is 2.82. The maximum Gasteiger partial charge on any atom is 0.303 e. The topological polar surface area (TPSA) is 99.4 Å². The molecule has 6 nitrogen and oxygen atoms in total. The van der Waals surface area contributed by atoms with Crippen LogP contribution >= 0.6 is 0 Å². The number of hydrogen-bond acceptors (Lipinski definition) is 4. The number of carboxylic acid groups (broad SMARTS) is 1. The van der Waals surface area contributed by atoms with Crippen molar-refractivity contribution < 1.29 is 19.4 Å². The number of nitrogens with one attached hydrogen (secondary N) is 1. The lowest BCUT2D eigenvalue weighted by Crippen LogP contribution is -2.30. The third kappa shape index (κ3) is 7.44. The monoisotopic (exact) mass is 484 g/mol. The lowest BCUT2D eigenvalue weighted by molar-refractivity contribution is -0.136. The molecular formula is C30H32N2O4. The zero-order chi connectivity index (χ0) is 26.2. The van der Waals surface area contributed by atoms with Crippen molar-refractivity contribution >= 4 is 11.9 Å². The molecule has 36 heavy (non-hydrogen) atoms. The first kappa shape index (κ1) is 26.5. The van der Waals surface area contributed by atoms with Gasteiger partial charge in [0.05, 0.1) is 17.7 Å². The number of amides is 1. The summed E-state index contributed by atoms with van der Waals surface area (Å²) in [5.74, 6) is 0.0526. The predicted molar refractivity (Wildman–Crippen MR) is 139 cm³/mol. The van der Waals surface area contributed by atoms with Crippen LogP contribution in [0.15, 0.2) is 60.7 Å².